The molecule has 2 fully saturated rings. The highest BCUT2D eigenvalue weighted by molar-refractivity contribution is 9.10. The number of halogens is 2. The monoisotopic (exact) mass is 386 g/mol. The van der Waals surface area contributed by atoms with E-state index in [1.807, 2.05) is 24.3 Å². The molecule has 2 aliphatic heterocycles. The van der Waals surface area contributed by atoms with Crippen LogP contribution in [0.5, 0.6) is 0 Å². The highest BCUT2D eigenvalue weighted by Gasteiger charge is 2.36. The second-order valence-corrected chi connectivity index (χ2v) is 7.35. The molecule has 1 N–H and O–H groups in total. The van der Waals surface area contributed by atoms with Crippen molar-refractivity contribution >= 4 is 34.2 Å². The fourth-order valence-corrected chi connectivity index (χ4v) is 4.07. The summed E-state index contributed by atoms with van der Waals surface area (Å²) in [6.45, 7) is 4.16. The summed E-state index contributed by atoms with van der Waals surface area (Å²) in [4.78, 5) is 14.5. The first-order valence-corrected chi connectivity index (χ1v) is 8.69. The number of hydrogen-bond acceptors (Lipinski definition) is 2. The Morgan fingerprint density at radius 1 is 1.18 bits per heavy atom. The molecule has 5 heteroatoms. The molecule has 0 radical (unpaired) electrons. The molecule has 0 bridgehead atoms. The fraction of sp³-hybridized carbons (Fsp3) is 0.588. The Labute approximate surface area is 147 Å². The normalized spacial score (nSPS) is 20.5. The molecule has 0 unspecified atom stereocenters. The van der Waals surface area contributed by atoms with Crippen molar-refractivity contribution in [3.8, 4) is 0 Å². The van der Waals surface area contributed by atoms with Crippen molar-refractivity contribution in [2.45, 2.75) is 32.1 Å². The number of rotatable bonds is 2. The predicted octanol–water partition coefficient (Wildman–Crippen LogP) is 3.41. The third-order valence-corrected chi connectivity index (χ3v) is 5.58. The molecular formula is C17H24BrClN2O. The zero-order chi connectivity index (χ0) is 14.7. The van der Waals surface area contributed by atoms with Gasteiger partial charge in [-0.15, -0.1) is 12.4 Å². The second kappa shape index (κ2) is 7.80. The van der Waals surface area contributed by atoms with Gasteiger partial charge in [0.15, 0.2) is 0 Å². The molecule has 2 aliphatic rings. The van der Waals surface area contributed by atoms with E-state index in [1.54, 1.807) is 0 Å². The highest BCUT2D eigenvalue weighted by Crippen LogP contribution is 2.39. The molecule has 3 rings (SSSR count). The van der Waals surface area contributed by atoms with Crippen molar-refractivity contribution in [1.82, 2.24) is 10.2 Å². The van der Waals surface area contributed by atoms with E-state index in [0.717, 1.165) is 36.2 Å². The largest absolute Gasteiger partial charge is 0.342 e. The van der Waals surface area contributed by atoms with Gasteiger partial charge < -0.3 is 10.2 Å². The lowest BCUT2D eigenvalue weighted by atomic mass is 9.71. The smallest absolute Gasteiger partial charge is 0.226 e. The van der Waals surface area contributed by atoms with Crippen LogP contribution in [0.2, 0.25) is 0 Å². The standard InChI is InChI=1S/C17H23BrN2O.ClH/c18-15-3-1-2-14(12-15)13-16(21)20-10-6-17(7-11-20)4-8-19-9-5-17;/h1-3,12,19H,4-11,13H2;1H. The van der Waals surface area contributed by atoms with Crippen molar-refractivity contribution < 1.29 is 4.79 Å². The maximum Gasteiger partial charge on any atom is 0.226 e. The topological polar surface area (TPSA) is 32.3 Å². The van der Waals surface area contributed by atoms with Gasteiger partial charge in [-0.1, -0.05) is 28.1 Å². The van der Waals surface area contributed by atoms with Gasteiger partial charge in [0.25, 0.3) is 0 Å². The van der Waals surface area contributed by atoms with Gasteiger partial charge in [-0.25, -0.2) is 0 Å². The zero-order valence-corrected chi connectivity index (χ0v) is 15.2. The van der Waals surface area contributed by atoms with E-state index in [1.165, 1.54) is 25.7 Å². The number of likely N-dealkylation sites (tertiary alicyclic amines) is 1. The van der Waals surface area contributed by atoms with Gasteiger partial charge in [-0.2, -0.15) is 0 Å². The summed E-state index contributed by atoms with van der Waals surface area (Å²) >= 11 is 3.47. The molecule has 1 amide bonds. The van der Waals surface area contributed by atoms with Crippen molar-refractivity contribution in [2.75, 3.05) is 26.2 Å². The summed E-state index contributed by atoms with van der Waals surface area (Å²) in [6.07, 6.45) is 5.44. The average Bonchev–Trinajstić information content (AvgIpc) is 2.49. The third-order valence-electron chi connectivity index (χ3n) is 5.09. The Bertz CT molecular complexity index is 507. The van der Waals surface area contributed by atoms with Crippen molar-refractivity contribution in [3.05, 3.63) is 34.3 Å². The highest BCUT2D eigenvalue weighted by atomic mass is 79.9. The summed E-state index contributed by atoms with van der Waals surface area (Å²) in [7, 11) is 0. The number of carbonyl (C=O) groups is 1. The molecule has 0 saturated carbocycles. The molecule has 1 aromatic carbocycles. The number of nitrogens with zero attached hydrogens (tertiary/aromatic N) is 1. The van der Waals surface area contributed by atoms with E-state index >= 15 is 0 Å². The van der Waals surface area contributed by atoms with Crippen LogP contribution >= 0.6 is 28.3 Å². The van der Waals surface area contributed by atoms with Crippen molar-refractivity contribution in [2.24, 2.45) is 5.41 Å². The van der Waals surface area contributed by atoms with E-state index in [0.29, 0.717) is 11.8 Å². The molecule has 0 atom stereocenters. The van der Waals surface area contributed by atoms with Gasteiger partial charge in [0.05, 0.1) is 6.42 Å². The Hall–Kier alpha value is -0.580. The van der Waals surface area contributed by atoms with Crippen LogP contribution in [0.1, 0.15) is 31.2 Å². The van der Waals surface area contributed by atoms with Gasteiger partial charge in [-0.05, 0) is 61.9 Å². The SMILES string of the molecule is Cl.O=C(Cc1cccc(Br)c1)N1CCC2(CCNCC2)CC1. The molecule has 3 nitrogen and oxygen atoms in total. The van der Waals surface area contributed by atoms with E-state index in [9.17, 15) is 4.79 Å². The minimum absolute atomic E-state index is 0. The molecule has 2 saturated heterocycles. The Kier molecular flexibility index (Phi) is 6.30. The van der Waals surface area contributed by atoms with E-state index in [2.05, 4.69) is 26.1 Å². The van der Waals surface area contributed by atoms with Gasteiger partial charge >= 0.3 is 0 Å². The van der Waals surface area contributed by atoms with E-state index < -0.39 is 0 Å². The first-order valence-electron chi connectivity index (χ1n) is 7.90. The first-order chi connectivity index (χ1) is 10.2. The van der Waals surface area contributed by atoms with Gasteiger partial charge in [0.2, 0.25) is 5.91 Å². The Morgan fingerprint density at radius 2 is 1.86 bits per heavy atom. The van der Waals surface area contributed by atoms with Crippen LogP contribution in [0.4, 0.5) is 0 Å². The first kappa shape index (κ1) is 17.8. The molecule has 0 aliphatic carbocycles. The summed E-state index contributed by atoms with van der Waals surface area (Å²) in [5.41, 5.74) is 1.61. The van der Waals surface area contributed by atoms with Crippen LogP contribution in [0.15, 0.2) is 28.7 Å². The predicted molar refractivity (Wildman–Crippen MR) is 95.4 cm³/mol. The lowest BCUT2D eigenvalue weighted by Crippen LogP contribution is -2.47. The summed E-state index contributed by atoms with van der Waals surface area (Å²) in [5.74, 6) is 0.275. The molecule has 122 valence electrons. The number of nitrogens with one attached hydrogen (secondary N) is 1. The Balaban J connectivity index is 0.00000176. The Morgan fingerprint density at radius 3 is 2.50 bits per heavy atom. The van der Waals surface area contributed by atoms with E-state index in [-0.39, 0.29) is 18.3 Å². The lowest BCUT2D eigenvalue weighted by molar-refractivity contribution is -0.133. The zero-order valence-electron chi connectivity index (χ0n) is 12.8. The maximum absolute atomic E-state index is 12.4. The molecule has 22 heavy (non-hydrogen) atoms. The van der Waals surface area contributed by atoms with Crippen molar-refractivity contribution in [3.63, 3.8) is 0 Å². The second-order valence-electron chi connectivity index (χ2n) is 6.44. The maximum atomic E-state index is 12.4. The third kappa shape index (κ3) is 4.24. The van der Waals surface area contributed by atoms with Gasteiger partial charge in [0.1, 0.15) is 0 Å². The van der Waals surface area contributed by atoms with E-state index in [4.69, 9.17) is 0 Å². The minimum atomic E-state index is 0. The molecule has 1 aromatic rings. The van der Waals surface area contributed by atoms with Crippen LogP contribution in [0.25, 0.3) is 0 Å². The average molecular weight is 388 g/mol. The molecule has 2 heterocycles. The number of carbonyl (C=O) groups excluding carboxylic acids is 1. The van der Waals surface area contributed by atoms with Crippen LogP contribution < -0.4 is 5.32 Å². The van der Waals surface area contributed by atoms with Gasteiger partial charge in [-0.3, -0.25) is 4.79 Å². The van der Waals surface area contributed by atoms with Crippen LogP contribution in [0.3, 0.4) is 0 Å². The molecule has 0 aromatic heterocycles. The summed E-state index contributed by atoms with van der Waals surface area (Å²) in [5, 5.41) is 3.44. The summed E-state index contributed by atoms with van der Waals surface area (Å²) in [6, 6.07) is 8.06. The number of benzene rings is 1. The lowest BCUT2D eigenvalue weighted by Gasteiger charge is -2.44. The van der Waals surface area contributed by atoms with Crippen LogP contribution in [-0.2, 0) is 11.2 Å². The van der Waals surface area contributed by atoms with Crippen molar-refractivity contribution in [1.29, 1.82) is 0 Å². The number of hydrogen-bond donors (Lipinski definition) is 1. The van der Waals surface area contributed by atoms with Crippen LogP contribution in [0, 0.1) is 5.41 Å². The quantitative estimate of drug-likeness (QED) is 0.843. The number of piperidine rings is 2. The molecular weight excluding hydrogens is 364 g/mol. The van der Waals surface area contributed by atoms with Crippen LogP contribution in [-0.4, -0.2) is 37.0 Å². The molecule has 1 spiro atoms. The summed E-state index contributed by atoms with van der Waals surface area (Å²) < 4.78 is 1.04. The fourth-order valence-electron chi connectivity index (χ4n) is 3.62. The van der Waals surface area contributed by atoms with Gasteiger partial charge in [0, 0.05) is 17.6 Å². The minimum Gasteiger partial charge on any atom is -0.342 e. The number of amides is 1.